The van der Waals surface area contributed by atoms with E-state index >= 15 is 0 Å². The van der Waals surface area contributed by atoms with Gasteiger partial charge in [-0.15, -0.1) is 0 Å². The molecule has 1 saturated heterocycles. The van der Waals surface area contributed by atoms with Crippen LogP contribution in [0.5, 0.6) is 23.0 Å². The summed E-state index contributed by atoms with van der Waals surface area (Å²) in [5.41, 5.74) is 2.67. The number of ether oxygens (including phenoxy) is 4. The molecule has 0 radical (unpaired) electrons. The first kappa shape index (κ1) is 23.3. The van der Waals surface area contributed by atoms with Crippen LogP contribution < -0.4 is 18.9 Å². The fraction of sp³-hybridized carbons (Fsp3) is 0.214. The Morgan fingerprint density at radius 1 is 0.972 bits per heavy atom. The molecule has 0 aliphatic carbocycles. The van der Waals surface area contributed by atoms with E-state index in [2.05, 4.69) is 0 Å². The minimum absolute atomic E-state index is 0.0236. The van der Waals surface area contributed by atoms with Gasteiger partial charge in [-0.3, -0.25) is 9.59 Å². The summed E-state index contributed by atoms with van der Waals surface area (Å²) in [6.45, 7) is 2.11. The summed E-state index contributed by atoms with van der Waals surface area (Å²) in [6, 6.07) is 16.8. The third-order valence-electron chi connectivity index (χ3n) is 6.43. The average Bonchev–Trinajstić information content (AvgIpc) is 3.46. The molecule has 0 saturated carbocycles. The number of carbonyl (C=O) groups is 2. The molecule has 3 aromatic carbocycles. The third kappa shape index (κ3) is 4.00. The molecule has 0 spiro atoms. The van der Waals surface area contributed by atoms with E-state index in [1.807, 2.05) is 13.0 Å². The van der Waals surface area contributed by atoms with Gasteiger partial charge in [0.2, 0.25) is 6.79 Å². The number of fused-ring (bicyclic) bond motifs is 1. The molecule has 1 N–H and O–H groups in total. The summed E-state index contributed by atoms with van der Waals surface area (Å²) >= 11 is 0. The summed E-state index contributed by atoms with van der Waals surface area (Å²) in [5, 5.41) is 11.3. The maximum Gasteiger partial charge on any atom is 0.295 e. The molecule has 3 aromatic rings. The number of carbonyl (C=O) groups excluding carboxylic acids is 2. The van der Waals surface area contributed by atoms with E-state index in [1.54, 1.807) is 68.8 Å². The van der Waals surface area contributed by atoms with Crippen LogP contribution in [0, 0.1) is 6.92 Å². The minimum atomic E-state index is -0.802. The van der Waals surface area contributed by atoms with Gasteiger partial charge in [-0.25, -0.2) is 0 Å². The summed E-state index contributed by atoms with van der Waals surface area (Å²) in [5.74, 6) is 0.816. The molecule has 1 atom stereocenters. The number of hydrogen-bond donors (Lipinski definition) is 1. The predicted octanol–water partition coefficient (Wildman–Crippen LogP) is 4.36. The Hall–Kier alpha value is -4.46. The van der Waals surface area contributed by atoms with E-state index in [9.17, 15) is 14.7 Å². The molecule has 0 bridgehead atoms. The lowest BCUT2D eigenvalue weighted by atomic mass is 9.94. The van der Waals surface area contributed by atoms with Crippen molar-refractivity contribution in [1.29, 1.82) is 0 Å². The van der Waals surface area contributed by atoms with E-state index < -0.39 is 17.7 Å². The normalized spacial score (nSPS) is 18.0. The zero-order valence-corrected chi connectivity index (χ0v) is 20.1. The highest BCUT2D eigenvalue weighted by Gasteiger charge is 2.46. The molecule has 1 fully saturated rings. The molecule has 8 nitrogen and oxygen atoms in total. The third-order valence-corrected chi connectivity index (χ3v) is 6.43. The van der Waals surface area contributed by atoms with E-state index in [0.717, 1.165) is 11.1 Å². The molecular weight excluding hydrogens is 462 g/mol. The quantitative estimate of drug-likeness (QED) is 0.314. The van der Waals surface area contributed by atoms with Crippen molar-refractivity contribution in [2.45, 2.75) is 19.5 Å². The van der Waals surface area contributed by atoms with Gasteiger partial charge in [0.25, 0.3) is 11.7 Å². The number of benzene rings is 3. The summed E-state index contributed by atoms with van der Waals surface area (Å²) in [7, 11) is 3.12. The molecule has 5 rings (SSSR count). The van der Waals surface area contributed by atoms with E-state index in [0.29, 0.717) is 34.1 Å². The van der Waals surface area contributed by atoms with Crippen molar-refractivity contribution in [3.63, 3.8) is 0 Å². The van der Waals surface area contributed by atoms with Crippen LogP contribution in [-0.2, 0) is 16.1 Å². The number of methoxy groups -OCH3 is 2. The van der Waals surface area contributed by atoms with Crippen molar-refractivity contribution in [1.82, 2.24) is 4.90 Å². The lowest BCUT2D eigenvalue weighted by molar-refractivity contribution is -0.140. The first-order valence-corrected chi connectivity index (χ1v) is 11.4. The van der Waals surface area contributed by atoms with Crippen LogP contribution in [-0.4, -0.2) is 42.7 Å². The second kappa shape index (κ2) is 9.30. The highest BCUT2D eigenvalue weighted by molar-refractivity contribution is 6.46. The zero-order chi connectivity index (χ0) is 25.4. The van der Waals surface area contributed by atoms with E-state index in [4.69, 9.17) is 18.9 Å². The zero-order valence-electron chi connectivity index (χ0n) is 20.1. The molecule has 8 heteroatoms. The lowest BCUT2D eigenvalue weighted by Crippen LogP contribution is -2.29. The molecule has 2 aliphatic rings. The number of hydrogen-bond acceptors (Lipinski definition) is 7. The molecule has 2 heterocycles. The molecule has 0 aromatic heterocycles. The smallest absolute Gasteiger partial charge is 0.295 e. The van der Waals surface area contributed by atoms with E-state index in [-0.39, 0.29) is 24.7 Å². The van der Waals surface area contributed by atoms with Crippen LogP contribution in [0.1, 0.15) is 28.3 Å². The van der Waals surface area contributed by atoms with Gasteiger partial charge in [0.15, 0.2) is 11.5 Å². The fourth-order valence-electron chi connectivity index (χ4n) is 4.59. The first-order valence-electron chi connectivity index (χ1n) is 11.4. The first-order chi connectivity index (χ1) is 17.4. The van der Waals surface area contributed by atoms with Crippen LogP contribution in [0.2, 0.25) is 0 Å². The molecule has 1 amide bonds. The van der Waals surface area contributed by atoms with Gasteiger partial charge in [0, 0.05) is 12.1 Å². The maximum atomic E-state index is 13.3. The molecule has 184 valence electrons. The van der Waals surface area contributed by atoms with Crippen molar-refractivity contribution >= 4 is 17.4 Å². The number of likely N-dealkylation sites (tertiary alicyclic amines) is 1. The SMILES string of the molecule is COc1ccc(C2/C(=C(\O)c3ccc(OC)c(C)c3)C(=O)C(=O)N2Cc2ccc3c(c2)OCO3)cc1. The lowest BCUT2D eigenvalue weighted by Gasteiger charge is -2.25. The van der Waals surface area contributed by atoms with Gasteiger partial charge in [-0.2, -0.15) is 0 Å². The Labute approximate surface area is 208 Å². The number of rotatable bonds is 6. The molecule has 2 aliphatic heterocycles. The van der Waals surface area contributed by atoms with Crippen LogP contribution in [0.3, 0.4) is 0 Å². The monoisotopic (exact) mass is 487 g/mol. The molecule has 1 unspecified atom stereocenters. The van der Waals surface area contributed by atoms with Crippen LogP contribution in [0.25, 0.3) is 5.76 Å². The summed E-state index contributed by atoms with van der Waals surface area (Å²) in [6.07, 6.45) is 0. The summed E-state index contributed by atoms with van der Waals surface area (Å²) in [4.78, 5) is 28.1. The number of Topliss-reactive ketones (excluding diaryl/α,β-unsaturated/α-hetero) is 1. The molecule has 36 heavy (non-hydrogen) atoms. The van der Waals surface area contributed by atoms with Crippen molar-refractivity contribution in [2.75, 3.05) is 21.0 Å². The van der Waals surface area contributed by atoms with Gasteiger partial charge in [-0.1, -0.05) is 18.2 Å². The van der Waals surface area contributed by atoms with Crippen LogP contribution in [0.15, 0.2) is 66.2 Å². The number of nitrogens with zero attached hydrogens (tertiary/aromatic N) is 1. The number of aliphatic hydroxyl groups is 1. The van der Waals surface area contributed by atoms with Gasteiger partial charge in [0.1, 0.15) is 17.3 Å². The largest absolute Gasteiger partial charge is 0.507 e. The summed E-state index contributed by atoms with van der Waals surface area (Å²) < 4.78 is 21.4. The minimum Gasteiger partial charge on any atom is -0.507 e. The van der Waals surface area contributed by atoms with Crippen molar-refractivity contribution in [3.05, 3.63) is 88.5 Å². The molecular formula is C28H25NO7. The number of amides is 1. The van der Waals surface area contributed by atoms with Gasteiger partial charge in [0.05, 0.1) is 25.8 Å². The van der Waals surface area contributed by atoms with Gasteiger partial charge in [-0.05, 0) is 66.1 Å². The predicted molar refractivity (Wildman–Crippen MR) is 131 cm³/mol. The van der Waals surface area contributed by atoms with E-state index in [1.165, 1.54) is 4.90 Å². The Morgan fingerprint density at radius 2 is 1.72 bits per heavy atom. The highest BCUT2D eigenvalue weighted by Crippen LogP contribution is 2.42. The number of aliphatic hydroxyl groups excluding tert-OH is 1. The highest BCUT2D eigenvalue weighted by atomic mass is 16.7. The van der Waals surface area contributed by atoms with Crippen LogP contribution in [0.4, 0.5) is 0 Å². The Bertz CT molecular complexity index is 1380. The Morgan fingerprint density at radius 3 is 2.42 bits per heavy atom. The average molecular weight is 488 g/mol. The van der Waals surface area contributed by atoms with Crippen molar-refractivity contribution < 1.29 is 33.6 Å². The number of ketones is 1. The fourth-order valence-corrected chi connectivity index (χ4v) is 4.59. The second-order valence-corrected chi connectivity index (χ2v) is 8.57. The topological polar surface area (TPSA) is 94.5 Å². The van der Waals surface area contributed by atoms with Crippen LogP contribution >= 0.6 is 0 Å². The maximum absolute atomic E-state index is 13.3. The Kier molecular flexibility index (Phi) is 6.01. The van der Waals surface area contributed by atoms with Crippen molar-refractivity contribution in [3.8, 4) is 23.0 Å². The number of aryl methyl sites for hydroxylation is 1. The van der Waals surface area contributed by atoms with Crippen molar-refractivity contribution in [2.24, 2.45) is 0 Å². The second-order valence-electron chi connectivity index (χ2n) is 8.57. The Balaban J connectivity index is 1.61. The van der Waals surface area contributed by atoms with Gasteiger partial charge >= 0.3 is 0 Å². The van der Waals surface area contributed by atoms with Gasteiger partial charge < -0.3 is 29.0 Å². The standard InChI is InChI=1S/C28H25NO7/c1-16-12-19(7-11-21(16)34-3)26(30)24-25(18-5-8-20(33-2)9-6-18)29(28(32)27(24)31)14-17-4-10-22-23(13-17)36-15-35-22/h4-13,25,30H,14-15H2,1-3H3/b26-24+.